The maximum atomic E-state index is 13.0. The molecule has 0 fully saturated rings. The lowest BCUT2D eigenvalue weighted by molar-refractivity contribution is -0.917. The highest BCUT2D eigenvalue weighted by Gasteiger charge is 2.16. The Labute approximate surface area is 161 Å². The normalized spacial score (nSPS) is 12.0. The van der Waals surface area contributed by atoms with E-state index in [0.717, 1.165) is 10.5 Å². The summed E-state index contributed by atoms with van der Waals surface area (Å²) in [5, 5.41) is 4.48. The Hall–Kier alpha value is -2.71. The molecular formula is C19H21FN3O3S+. The Morgan fingerprint density at radius 1 is 1.15 bits per heavy atom. The second-order valence-electron chi connectivity index (χ2n) is 6.16. The first-order chi connectivity index (χ1) is 13.0. The molecule has 1 atom stereocenters. The third kappa shape index (κ3) is 4.53. The molecule has 0 saturated carbocycles. The SMILES string of the molecule is COc1ccc(-c2nn(C[NH+](C)Cc3ccc(F)cc3)c(=S)o2)c(OC)c1. The molecular weight excluding hydrogens is 369 g/mol. The summed E-state index contributed by atoms with van der Waals surface area (Å²) in [6.45, 7) is 1.22. The summed E-state index contributed by atoms with van der Waals surface area (Å²) in [6, 6.07) is 11.8. The van der Waals surface area contributed by atoms with Crippen molar-refractivity contribution >= 4 is 12.2 Å². The number of hydrogen-bond acceptors (Lipinski definition) is 5. The fourth-order valence-corrected chi connectivity index (χ4v) is 2.94. The van der Waals surface area contributed by atoms with Crippen LogP contribution in [0.15, 0.2) is 46.9 Å². The molecule has 0 saturated heterocycles. The van der Waals surface area contributed by atoms with E-state index in [4.69, 9.17) is 26.1 Å². The fraction of sp³-hybridized carbons (Fsp3) is 0.263. The molecule has 1 heterocycles. The lowest BCUT2D eigenvalue weighted by atomic mass is 10.2. The van der Waals surface area contributed by atoms with Gasteiger partial charge in [-0.3, -0.25) is 0 Å². The molecule has 2 aromatic carbocycles. The van der Waals surface area contributed by atoms with Gasteiger partial charge in [-0.2, -0.15) is 4.68 Å². The lowest BCUT2D eigenvalue weighted by Gasteiger charge is -2.13. The van der Waals surface area contributed by atoms with Gasteiger partial charge >= 0.3 is 0 Å². The topological polar surface area (TPSA) is 53.9 Å². The molecule has 0 aliphatic carbocycles. The largest absolute Gasteiger partial charge is 0.497 e. The molecule has 27 heavy (non-hydrogen) atoms. The Morgan fingerprint density at radius 2 is 1.89 bits per heavy atom. The molecule has 0 spiro atoms. The van der Waals surface area contributed by atoms with Gasteiger partial charge in [0.15, 0.2) is 6.67 Å². The maximum Gasteiger partial charge on any atom is 0.292 e. The smallest absolute Gasteiger partial charge is 0.292 e. The zero-order valence-electron chi connectivity index (χ0n) is 15.4. The molecule has 1 N–H and O–H groups in total. The van der Waals surface area contributed by atoms with Crippen molar-refractivity contribution in [3.63, 3.8) is 0 Å². The number of halogens is 1. The van der Waals surface area contributed by atoms with Crippen LogP contribution in [-0.4, -0.2) is 31.0 Å². The summed E-state index contributed by atoms with van der Waals surface area (Å²) in [4.78, 5) is 1.40. The molecule has 6 nitrogen and oxygen atoms in total. The molecule has 3 rings (SSSR count). The van der Waals surface area contributed by atoms with Gasteiger partial charge in [0.05, 0.1) is 26.8 Å². The number of benzene rings is 2. The Morgan fingerprint density at radius 3 is 2.56 bits per heavy atom. The number of methoxy groups -OCH3 is 2. The van der Waals surface area contributed by atoms with Gasteiger partial charge in [-0.25, -0.2) is 4.39 Å². The van der Waals surface area contributed by atoms with E-state index in [9.17, 15) is 4.39 Å². The second kappa shape index (κ2) is 8.32. The Bertz CT molecular complexity index is 969. The van der Waals surface area contributed by atoms with Crippen LogP contribution in [0.25, 0.3) is 11.5 Å². The Kier molecular flexibility index (Phi) is 5.88. The number of ether oxygens (including phenoxy) is 2. The Balaban J connectivity index is 1.78. The van der Waals surface area contributed by atoms with Gasteiger partial charge in [-0.1, -0.05) is 12.1 Å². The molecule has 0 radical (unpaired) electrons. The molecule has 8 heteroatoms. The van der Waals surface area contributed by atoms with Crippen molar-refractivity contribution in [3.05, 3.63) is 58.7 Å². The number of quaternary nitrogens is 1. The van der Waals surface area contributed by atoms with E-state index >= 15 is 0 Å². The van der Waals surface area contributed by atoms with Crippen LogP contribution in [0.5, 0.6) is 11.5 Å². The first kappa shape index (κ1) is 19.1. The van der Waals surface area contributed by atoms with E-state index < -0.39 is 0 Å². The van der Waals surface area contributed by atoms with E-state index in [2.05, 4.69) is 5.10 Å². The van der Waals surface area contributed by atoms with Crippen molar-refractivity contribution in [3.8, 4) is 23.0 Å². The molecule has 1 aromatic heterocycles. The monoisotopic (exact) mass is 390 g/mol. The van der Waals surface area contributed by atoms with Crippen LogP contribution in [0.4, 0.5) is 4.39 Å². The summed E-state index contributed by atoms with van der Waals surface area (Å²) in [7, 11) is 5.17. The van der Waals surface area contributed by atoms with Gasteiger partial charge < -0.3 is 18.8 Å². The second-order valence-corrected chi connectivity index (χ2v) is 6.51. The van der Waals surface area contributed by atoms with Crippen LogP contribution in [0.1, 0.15) is 5.56 Å². The zero-order chi connectivity index (χ0) is 19.4. The highest BCUT2D eigenvalue weighted by Crippen LogP contribution is 2.32. The van der Waals surface area contributed by atoms with Gasteiger partial charge in [-0.05, 0) is 36.5 Å². The first-order valence-electron chi connectivity index (χ1n) is 8.36. The van der Waals surface area contributed by atoms with Gasteiger partial charge in [0.2, 0.25) is 0 Å². The number of nitrogens with zero attached hydrogens (tertiary/aromatic N) is 2. The molecule has 3 aromatic rings. The quantitative estimate of drug-likeness (QED) is 0.629. The van der Waals surface area contributed by atoms with Crippen molar-refractivity contribution < 1.29 is 23.2 Å². The fourth-order valence-electron chi connectivity index (χ4n) is 2.75. The average Bonchev–Trinajstić information content (AvgIpc) is 3.03. The predicted octanol–water partition coefficient (Wildman–Crippen LogP) is 2.70. The highest BCUT2D eigenvalue weighted by atomic mass is 32.1. The van der Waals surface area contributed by atoms with Gasteiger partial charge in [0.25, 0.3) is 10.7 Å². The van der Waals surface area contributed by atoms with E-state index in [0.29, 0.717) is 36.2 Å². The number of nitrogens with one attached hydrogen (secondary N) is 1. The first-order valence-corrected chi connectivity index (χ1v) is 8.77. The summed E-state index contributed by atoms with van der Waals surface area (Å²) in [5.41, 5.74) is 1.72. The van der Waals surface area contributed by atoms with Crippen molar-refractivity contribution in [2.45, 2.75) is 13.2 Å². The molecule has 0 aliphatic heterocycles. The molecule has 0 bridgehead atoms. The number of aromatic nitrogens is 2. The summed E-state index contributed by atoms with van der Waals surface area (Å²) < 4.78 is 30.9. The van der Waals surface area contributed by atoms with Crippen LogP contribution >= 0.6 is 12.2 Å². The van der Waals surface area contributed by atoms with Crippen LogP contribution in [0.3, 0.4) is 0 Å². The lowest BCUT2D eigenvalue weighted by Crippen LogP contribution is -3.07. The van der Waals surface area contributed by atoms with Crippen LogP contribution < -0.4 is 14.4 Å². The molecule has 1 unspecified atom stereocenters. The molecule has 142 valence electrons. The van der Waals surface area contributed by atoms with E-state index in [1.807, 2.05) is 13.1 Å². The van der Waals surface area contributed by atoms with Gasteiger partial charge in [-0.15, -0.1) is 5.10 Å². The van der Waals surface area contributed by atoms with E-state index in [1.54, 1.807) is 43.2 Å². The van der Waals surface area contributed by atoms with Gasteiger partial charge in [0.1, 0.15) is 23.9 Å². The summed E-state index contributed by atoms with van der Waals surface area (Å²) in [6.07, 6.45) is 0. The number of hydrogen-bond donors (Lipinski definition) is 1. The van der Waals surface area contributed by atoms with Crippen molar-refractivity contribution in [2.24, 2.45) is 0 Å². The average molecular weight is 390 g/mol. The summed E-state index contributed by atoms with van der Waals surface area (Å²) >= 11 is 5.31. The van der Waals surface area contributed by atoms with Crippen molar-refractivity contribution in [1.82, 2.24) is 9.78 Å². The minimum Gasteiger partial charge on any atom is -0.497 e. The molecule has 0 amide bonds. The standard InChI is InChI=1S/C19H20FN3O3S/c1-22(11-13-4-6-14(20)7-5-13)12-23-19(27)26-18(21-23)16-9-8-15(24-2)10-17(16)25-3/h4-10H,11-12H2,1-3H3/p+1. The minimum atomic E-state index is -0.242. The van der Waals surface area contributed by atoms with E-state index in [1.165, 1.54) is 12.1 Å². The van der Waals surface area contributed by atoms with Crippen LogP contribution in [-0.2, 0) is 13.2 Å². The number of rotatable bonds is 7. The van der Waals surface area contributed by atoms with E-state index in [-0.39, 0.29) is 10.7 Å². The third-order valence-corrected chi connectivity index (χ3v) is 4.38. The van der Waals surface area contributed by atoms with Crippen molar-refractivity contribution in [2.75, 3.05) is 21.3 Å². The maximum absolute atomic E-state index is 13.0. The van der Waals surface area contributed by atoms with Crippen LogP contribution in [0, 0.1) is 10.7 Å². The zero-order valence-corrected chi connectivity index (χ0v) is 16.2. The van der Waals surface area contributed by atoms with Crippen molar-refractivity contribution in [1.29, 1.82) is 0 Å². The summed E-state index contributed by atoms with van der Waals surface area (Å²) in [5.74, 6) is 1.41. The van der Waals surface area contributed by atoms with Gasteiger partial charge in [0, 0.05) is 11.6 Å². The minimum absolute atomic E-state index is 0.242. The highest BCUT2D eigenvalue weighted by molar-refractivity contribution is 7.71. The predicted molar refractivity (Wildman–Crippen MR) is 101 cm³/mol. The molecule has 0 aliphatic rings. The third-order valence-electron chi connectivity index (χ3n) is 4.08. The van der Waals surface area contributed by atoms with Crippen LogP contribution in [0.2, 0.25) is 0 Å².